The van der Waals surface area contributed by atoms with Crippen LogP contribution in [0.4, 0.5) is 26.7 Å². The van der Waals surface area contributed by atoms with Crippen LogP contribution in [0, 0.1) is 262 Å². The first-order chi connectivity index (χ1) is 63.2. The van der Waals surface area contributed by atoms with Crippen LogP contribution in [0.3, 0.4) is 0 Å². The number of carbonyl (C=O) groups is 2. The van der Waals surface area contributed by atoms with E-state index in [0.29, 0.717) is 94.3 Å². The Morgan fingerprint density at radius 1 is 0.585 bits per heavy atom. The summed E-state index contributed by atoms with van der Waals surface area (Å²) in [6.45, 7) is 33.3. The molecule has 6 fully saturated rings. The summed E-state index contributed by atoms with van der Waals surface area (Å²) in [5.41, 5.74) is 3.37. The minimum Gasteiger partial charge on any atom is -0.496 e. The number of methoxy groups -OCH3 is 1. The van der Waals surface area contributed by atoms with Crippen molar-refractivity contribution in [2.45, 2.75) is 226 Å². The van der Waals surface area contributed by atoms with E-state index in [1.807, 2.05) is 18.2 Å². The first-order valence-electron chi connectivity index (χ1n) is 44.5. The van der Waals surface area contributed by atoms with Gasteiger partial charge in [0, 0.05) is 95.3 Å². The molecule has 5 aromatic rings. The predicted molar refractivity (Wildman–Crippen MR) is 492 cm³/mol. The summed E-state index contributed by atoms with van der Waals surface area (Å²) in [5, 5.41) is 34.7. The number of H-pyrrole nitrogens is 2. The highest BCUT2D eigenvalue weighted by Gasteiger charge is 2.48. The lowest BCUT2D eigenvalue weighted by Gasteiger charge is -2.51. The zero-order valence-electron chi connectivity index (χ0n) is 74.7. The van der Waals surface area contributed by atoms with Crippen LogP contribution in [0.1, 0.15) is 224 Å². The van der Waals surface area contributed by atoms with Crippen molar-refractivity contribution in [3.05, 3.63) is 82.7 Å². The number of hydrogen-bond donors (Lipinski definition) is 3. The van der Waals surface area contributed by atoms with Gasteiger partial charge in [0.2, 0.25) is 11.8 Å². The highest BCUT2D eigenvalue weighted by Crippen LogP contribution is 2.56. The van der Waals surface area contributed by atoms with E-state index in [0.717, 1.165) is 68.9 Å². The summed E-state index contributed by atoms with van der Waals surface area (Å²) in [5.74, 6) is 56.9. The van der Waals surface area contributed by atoms with E-state index in [-0.39, 0.29) is 103 Å². The number of terminal acetylenes is 2. The van der Waals surface area contributed by atoms with Gasteiger partial charge in [-0.05, 0) is 206 Å². The number of aromatic amines is 2. The molecule has 26 nitrogen and oxygen atoms in total. The van der Waals surface area contributed by atoms with Crippen LogP contribution >= 0.6 is 0 Å². The normalized spacial score (nSPS) is 20.5. The Balaban J connectivity index is 0.000000301. The molecule has 668 valence electrons. The number of rotatable bonds is 29. The Morgan fingerprint density at radius 2 is 1.06 bits per heavy atom. The number of fused-ring (bicyclic) bond motifs is 2. The van der Waals surface area contributed by atoms with Gasteiger partial charge >= 0.3 is 22.5 Å². The number of nitrogens with one attached hydrogen (secondary N) is 3. The smallest absolute Gasteiger partial charge is 0.416 e. The lowest BCUT2D eigenvalue weighted by atomic mass is 9.54. The van der Waals surface area contributed by atoms with Crippen LogP contribution < -0.4 is 18.9 Å². The summed E-state index contributed by atoms with van der Waals surface area (Å²) in [4.78, 5) is 70.3. The lowest BCUT2D eigenvalue weighted by molar-refractivity contribution is -0.205. The van der Waals surface area contributed by atoms with Crippen molar-refractivity contribution in [2.75, 3.05) is 38.6 Å². The van der Waals surface area contributed by atoms with Gasteiger partial charge in [-0.25, -0.2) is 48.1 Å². The molecule has 1 aromatic carbocycles. The molecule has 2 amide bonds. The van der Waals surface area contributed by atoms with Crippen LogP contribution in [0.25, 0.3) is 32.4 Å². The molecule has 0 bridgehead atoms. The van der Waals surface area contributed by atoms with Crippen molar-refractivity contribution >= 4 is 50.8 Å². The molecule has 0 saturated heterocycles. The number of anilines is 1. The minimum absolute atomic E-state index is 0.0406. The molecular weight excluding hydrogens is 1660 g/mol. The molecule has 0 spiro atoms. The van der Waals surface area contributed by atoms with E-state index < -0.39 is 28.5 Å². The van der Waals surface area contributed by atoms with E-state index in [1.54, 1.807) is 10.6 Å². The lowest BCUT2D eigenvalue weighted by Crippen LogP contribution is -2.44. The van der Waals surface area contributed by atoms with Crippen LogP contribution in [-0.4, -0.2) is 99.5 Å². The van der Waals surface area contributed by atoms with Crippen LogP contribution in [0.5, 0.6) is 17.5 Å². The molecule has 4 aromatic heterocycles. The molecule has 27 heteroatoms. The van der Waals surface area contributed by atoms with Crippen molar-refractivity contribution in [1.82, 2.24) is 39.0 Å². The maximum Gasteiger partial charge on any atom is 0.416 e. The van der Waals surface area contributed by atoms with Crippen molar-refractivity contribution in [3.8, 4) is 191 Å². The van der Waals surface area contributed by atoms with Gasteiger partial charge in [-0.15, -0.1) is 12.8 Å². The summed E-state index contributed by atoms with van der Waals surface area (Å²) < 4.78 is 52.3. The Morgan fingerprint density at radius 3 is 1.55 bits per heavy atom. The quantitative estimate of drug-likeness (QED) is 0.0132. The third-order valence-electron chi connectivity index (χ3n) is 25.8. The number of nitriles is 3. The van der Waals surface area contributed by atoms with Gasteiger partial charge in [0.05, 0.1) is 82.8 Å². The van der Waals surface area contributed by atoms with Crippen molar-refractivity contribution in [2.24, 2.45) is 71.0 Å². The second kappa shape index (κ2) is 50.2. The topological polar surface area (TPSA) is 307 Å². The average Bonchev–Trinajstić information content (AvgIpc) is 1.59. The first-order valence-corrected chi connectivity index (χ1v) is 45.9. The predicted octanol–water partition coefficient (Wildman–Crippen LogP) is 18.3. The number of amides is 2. The molecule has 11 rings (SSSR count). The highest BCUT2D eigenvalue weighted by molar-refractivity contribution is 7.88. The zero-order chi connectivity index (χ0) is 92.7. The number of aromatic nitrogens is 6. The summed E-state index contributed by atoms with van der Waals surface area (Å²) >= 11 is 0. The molecule has 6 saturated carbocycles. The molecule has 5 unspecified atom stereocenters. The monoisotopic (exact) mass is 1760 g/mol. The van der Waals surface area contributed by atoms with Crippen molar-refractivity contribution in [1.29, 1.82) is 15.8 Å². The summed E-state index contributed by atoms with van der Waals surface area (Å²) in [6, 6.07) is 9.95. The van der Waals surface area contributed by atoms with Crippen LogP contribution in [0.2, 0.25) is 0 Å². The minimum atomic E-state index is -4.08. The Hall–Kier alpha value is -14.4. The van der Waals surface area contributed by atoms with Crippen molar-refractivity contribution < 1.29 is 56.0 Å². The molecular formula is C103H108N14O12S. The Labute approximate surface area is 765 Å². The molecule has 5 atom stereocenters. The molecule has 3 N–H and O–H groups in total. The molecule has 6 aliphatic rings. The number of carbonyl (C=O) groups excluding carboxylic acids is 2. The zero-order valence-corrected chi connectivity index (χ0v) is 75.6. The Kier molecular flexibility index (Phi) is 37.8. The third-order valence-corrected chi connectivity index (χ3v) is 26.7. The largest absolute Gasteiger partial charge is 0.496 e. The number of hydrogen-bond acceptors (Lipinski definition) is 17. The SMILES string of the molecule is [C-]#[N+]c1c(CC2C(C)CC(C)CC2C)c2nc(-c3cc(NS(=O)(=O)OC)ccc3OC)[nH]n2c1OC(=O)N(CCC#N)C(CC#N)CCC#N.[C-]#[N+]c1c(CC2C(C3CCCCC3)CC(C3CCCCC3)CC2C2CCCCC2)c2nc(C3CCC(C)CC3)[nH]n2c1OC(=O)N(CC(=C)OOC#CC#CC#CC#CC#CC#C)CC(=C)OOC#CC#CC#CC#CC#CC#C. The molecule has 130 heavy (non-hydrogen) atoms. The van der Waals surface area contributed by atoms with Gasteiger partial charge in [-0.3, -0.25) is 33.8 Å². The number of ether oxygens (including phenoxy) is 3. The van der Waals surface area contributed by atoms with E-state index >= 15 is 0 Å². The standard InChI is InChI=1S/C69H67N5O6.C34H41N9O6S/c1-7-9-11-13-15-17-19-21-23-34-46-76-79-54(4)51-73(52-55(5)80-77-47-35-24-22-20-18-16-14-12-10-8-2)69(75)78-68-65(70-6)64(67-71-66(72-74(67)68)59-44-42-53(3)43-45-59)50-63-61(57-38-30-26-31-39-57)48-60(56-36-28-25-29-37-56)49-62(63)58-40-32-27-33-41-58;1-21-17-22(2)26(23(3)18-21)20-28-30(38-4)33(49-34(44)42(16-8-14-36)25(12-15-37)9-7-13-35)43-32(28)39-31(40-43)27-19-24(10-11-29(27)47-5)41-50(45,46)48-6/h1-2,53,56-63H,4-5,25-33,36-45,48-52H2,3H3,(H,71,72);10-11,19,21-23,25-26,41H,7-9,12,16-18,20H2,1-3,5-6H3,(H,39,40). The van der Waals surface area contributed by atoms with Crippen LogP contribution in [-0.2, 0) is 46.9 Å². The molecule has 4 heterocycles. The highest BCUT2D eigenvalue weighted by atomic mass is 32.2. The fourth-order valence-corrected chi connectivity index (χ4v) is 20.5. The molecule has 6 aliphatic carbocycles. The van der Waals surface area contributed by atoms with Gasteiger partial charge in [0.1, 0.15) is 22.9 Å². The maximum atomic E-state index is 14.8. The van der Waals surface area contributed by atoms with Crippen LogP contribution in [0.15, 0.2) is 42.9 Å². The average molecular weight is 1770 g/mol. The first kappa shape index (κ1) is 97.8. The fourth-order valence-electron chi connectivity index (χ4n) is 20.0. The van der Waals surface area contributed by atoms with Gasteiger partial charge in [0.25, 0.3) is 11.4 Å². The Bertz CT molecular complexity index is 5910. The van der Waals surface area contributed by atoms with Gasteiger partial charge in [-0.2, -0.15) is 24.2 Å². The summed E-state index contributed by atoms with van der Waals surface area (Å²) in [6.07, 6.45) is 42.8. The van der Waals surface area contributed by atoms with Gasteiger partial charge in [-0.1, -0.05) is 150 Å². The van der Waals surface area contributed by atoms with E-state index in [1.165, 1.54) is 143 Å². The van der Waals surface area contributed by atoms with E-state index in [9.17, 15) is 33.8 Å². The second-order valence-electron chi connectivity index (χ2n) is 34.2. The van der Waals surface area contributed by atoms with Gasteiger partial charge < -0.3 is 19.1 Å². The number of nitrogens with zero attached hydrogens (tertiary/aromatic N) is 11. The maximum absolute atomic E-state index is 14.8. The van der Waals surface area contributed by atoms with E-state index in [4.69, 9.17) is 69.7 Å². The van der Waals surface area contributed by atoms with Gasteiger partial charge in [0.15, 0.2) is 29.6 Å². The third kappa shape index (κ3) is 27.3. The summed E-state index contributed by atoms with van der Waals surface area (Å²) in [7, 11) is -1.60. The molecule has 0 radical (unpaired) electrons. The van der Waals surface area contributed by atoms with Crippen molar-refractivity contribution in [3.63, 3.8) is 0 Å². The number of benzene rings is 1. The fraction of sp³-hybridized carbons (Fsp3) is 0.505. The van der Waals surface area contributed by atoms with E-state index in [2.05, 4.69) is 200 Å². The second-order valence-corrected chi connectivity index (χ2v) is 35.6. The molecule has 0 aliphatic heterocycles.